The standard InChI is InChI=1S/C72H116O6/c1-4-7-10-13-16-19-22-25-28-30-31-32-33-34-35-36-37-38-39-40-41-43-44-47-50-53-56-59-62-65-71(74)77-68-69(67-76-70(73)64-61-58-55-52-49-46-27-24-21-18-15-12-9-6-3)78-72(75)66-63-60-57-54-51-48-45-42-29-26-23-20-17-14-11-8-5-2/h7-8,10-11,15-20,24-29,31-32,34-35,37-38,40-41,69H,4-6,9,12-14,21-23,30,33,36,39,42-68H2,1-3H3/b10-7-,11-8-,18-15-,19-16-,20-17-,27-24-,28-25-,29-26-,32-31-,35-34-,38-37-,41-40-. The number of esters is 3. The van der Waals surface area contributed by atoms with Crippen LogP contribution in [0, 0.1) is 0 Å². The van der Waals surface area contributed by atoms with E-state index in [1.54, 1.807) is 0 Å². The Hall–Kier alpha value is -4.71. The summed E-state index contributed by atoms with van der Waals surface area (Å²) in [5, 5.41) is 0. The van der Waals surface area contributed by atoms with Gasteiger partial charge in [-0.25, -0.2) is 0 Å². The maximum atomic E-state index is 12.9. The van der Waals surface area contributed by atoms with E-state index in [4.69, 9.17) is 14.2 Å². The van der Waals surface area contributed by atoms with Crippen LogP contribution < -0.4 is 0 Å². The molecule has 1 atom stereocenters. The van der Waals surface area contributed by atoms with E-state index in [0.29, 0.717) is 19.3 Å². The predicted molar refractivity (Wildman–Crippen MR) is 339 cm³/mol. The molecule has 0 spiro atoms. The van der Waals surface area contributed by atoms with E-state index >= 15 is 0 Å². The van der Waals surface area contributed by atoms with Crippen molar-refractivity contribution in [1.29, 1.82) is 0 Å². The number of unbranched alkanes of at least 4 members (excludes halogenated alkanes) is 21. The van der Waals surface area contributed by atoms with Crippen LogP contribution in [0.15, 0.2) is 146 Å². The van der Waals surface area contributed by atoms with Gasteiger partial charge in [0.2, 0.25) is 0 Å². The summed E-state index contributed by atoms with van der Waals surface area (Å²) in [6.45, 7) is 6.35. The third-order valence-electron chi connectivity index (χ3n) is 13.1. The number of allylic oxidation sites excluding steroid dienone is 24. The van der Waals surface area contributed by atoms with Crippen molar-refractivity contribution in [1.82, 2.24) is 0 Å². The van der Waals surface area contributed by atoms with Gasteiger partial charge in [-0.1, -0.05) is 263 Å². The molecule has 0 N–H and O–H groups in total. The maximum Gasteiger partial charge on any atom is 0.306 e. The minimum atomic E-state index is -0.801. The van der Waals surface area contributed by atoms with Crippen LogP contribution >= 0.6 is 0 Å². The smallest absolute Gasteiger partial charge is 0.306 e. The Morgan fingerprint density at radius 1 is 0.269 bits per heavy atom. The molecule has 0 aromatic rings. The van der Waals surface area contributed by atoms with Crippen molar-refractivity contribution in [2.24, 2.45) is 0 Å². The van der Waals surface area contributed by atoms with Crippen molar-refractivity contribution < 1.29 is 28.6 Å². The molecule has 0 bridgehead atoms. The van der Waals surface area contributed by atoms with Crippen LogP contribution in [-0.2, 0) is 28.6 Å². The SMILES string of the molecule is CC/C=C\C/C=C\C/C=C\C/C=C\C/C=C\C/C=C\C/C=C\CCCCCCCCCC(=O)OCC(COC(=O)CCCCCCC/C=C\C/C=C\CCCC)OC(=O)CCCCCCCCC/C=C\C/C=C\C/C=C\CC. The monoisotopic (exact) mass is 1080 g/mol. The first-order chi connectivity index (χ1) is 38.5. The van der Waals surface area contributed by atoms with Crippen LogP contribution in [0.1, 0.15) is 271 Å². The lowest BCUT2D eigenvalue weighted by molar-refractivity contribution is -0.167. The molecule has 0 aliphatic heterocycles. The highest BCUT2D eigenvalue weighted by Gasteiger charge is 2.19. The minimum absolute atomic E-state index is 0.0974. The van der Waals surface area contributed by atoms with Crippen LogP contribution in [0.3, 0.4) is 0 Å². The van der Waals surface area contributed by atoms with Crippen LogP contribution in [-0.4, -0.2) is 37.2 Å². The second kappa shape index (κ2) is 64.8. The summed E-state index contributed by atoms with van der Waals surface area (Å²) in [4.78, 5) is 38.3. The number of carbonyl (C=O) groups is 3. The van der Waals surface area contributed by atoms with Crippen molar-refractivity contribution in [2.45, 2.75) is 277 Å². The lowest BCUT2D eigenvalue weighted by atomic mass is 10.1. The van der Waals surface area contributed by atoms with Gasteiger partial charge < -0.3 is 14.2 Å². The lowest BCUT2D eigenvalue weighted by Gasteiger charge is -2.18. The second-order valence-corrected chi connectivity index (χ2v) is 20.5. The first kappa shape index (κ1) is 73.3. The van der Waals surface area contributed by atoms with Gasteiger partial charge in [0.1, 0.15) is 13.2 Å². The summed E-state index contributed by atoms with van der Waals surface area (Å²) in [6.07, 6.45) is 92.7. The Labute approximate surface area is 480 Å². The summed E-state index contributed by atoms with van der Waals surface area (Å²) < 4.78 is 16.9. The van der Waals surface area contributed by atoms with Gasteiger partial charge in [0.05, 0.1) is 0 Å². The van der Waals surface area contributed by atoms with E-state index in [2.05, 4.69) is 167 Å². The van der Waals surface area contributed by atoms with Crippen molar-refractivity contribution in [3.8, 4) is 0 Å². The molecule has 0 radical (unpaired) electrons. The summed E-state index contributed by atoms with van der Waals surface area (Å²) in [5.41, 5.74) is 0. The number of rotatable bonds is 56. The third kappa shape index (κ3) is 62.1. The Kier molecular flexibility index (Phi) is 60.9. The average Bonchev–Trinajstić information content (AvgIpc) is 3.44. The zero-order chi connectivity index (χ0) is 56.4. The lowest BCUT2D eigenvalue weighted by Crippen LogP contribution is -2.30. The fourth-order valence-electron chi connectivity index (χ4n) is 8.34. The zero-order valence-corrected chi connectivity index (χ0v) is 50.4. The zero-order valence-electron chi connectivity index (χ0n) is 50.4. The first-order valence-electron chi connectivity index (χ1n) is 31.8. The van der Waals surface area contributed by atoms with Gasteiger partial charge >= 0.3 is 17.9 Å². The molecular weight excluding hydrogens is 961 g/mol. The Morgan fingerprint density at radius 3 is 0.782 bits per heavy atom. The molecule has 440 valence electrons. The average molecular weight is 1080 g/mol. The number of hydrogen-bond donors (Lipinski definition) is 0. The van der Waals surface area contributed by atoms with E-state index in [-0.39, 0.29) is 31.1 Å². The van der Waals surface area contributed by atoms with E-state index in [9.17, 15) is 14.4 Å². The van der Waals surface area contributed by atoms with Crippen molar-refractivity contribution in [2.75, 3.05) is 13.2 Å². The van der Waals surface area contributed by atoms with E-state index in [1.807, 2.05) is 0 Å². The van der Waals surface area contributed by atoms with Gasteiger partial charge in [0.25, 0.3) is 0 Å². The molecule has 78 heavy (non-hydrogen) atoms. The first-order valence-corrected chi connectivity index (χ1v) is 31.8. The summed E-state index contributed by atoms with van der Waals surface area (Å²) in [7, 11) is 0. The Balaban J connectivity index is 4.38. The molecule has 0 rings (SSSR count). The predicted octanol–water partition coefficient (Wildman–Crippen LogP) is 21.9. The Morgan fingerprint density at radius 2 is 0.500 bits per heavy atom. The fourth-order valence-corrected chi connectivity index (χ4v) is 8.34. The quantitative estimate of drug-likeness (QED) is 0.0261. The molecule has 1 unspecified atom stereocenters. The molecule has 0 aromatic carbocycles. The van der Waals surface area contributed by atoms with Crippen molar-refractivity contribution in [3.05, 3.63) is 146 Å². The number of carbonyl (C=O) groups excluding carboxylic acids is 3. The normalized spacial score (nSPS) is 13.1. The molecule has 0 saturated heterocycles. The van der Waals surface area contributed by atoms with Gasteiger partial charge in [0.15, 0.2) is 6.10 Å². The summed E-state index contributed by atoms with van der Waals surface area (Å²) >= 11 is 0. The summed E-state index contributed by atoms with van der Waals surface area (Å²) in [6, 6.07) is 0. The van der Waals surface area contributed by atoms with Crippen molar-refractivity contribution >= 4 is 17.9 Å². The molecule has 6 heteroatoms. The molecule has 0 saturated carbocycles. The Bertz CT molecular complexity index is 1710. The largest absolute Gasteiger partial charge is 0.462 e. The maximum absolute atomic E-state index is 12.9. The van der Waals surface area contributed by atoms with E-state index in [1.165, 1.54) is 70.6 Å². The van der Waals surface area contributed by atoms with E-state index in [0.717, 1.165) is 161 Å². The second-order valence-electron chi connectivity index (χ2n) is 20.5. The van der Waals surface area contributed by atoms with Gasteiger partial charge in [-0.15, -0.1) is 0 Å². The van der Waals surface area contributed by atoms with Gasteiger partial charge in [0, 0.05) is 19.3 Å². The van der Waals surface area contributed by atoms with Crippen LogP contribution in [0.5, 0.6) is 0 Å². The number of ether oxygens (including phenoxy) is 3. The highest BCUT2D eigenvalue weighted by molar-refractivity contribution is 5.71. The topological polar surface area (TPSA) is 78.9 Å². The molecule has 0 aliphatic carbocycles. The van der Waals surface area contributed by atoms with E-state index < -0.39 is 6.10 Å². The highest BCUT2D eigenvalue weighted by atomic mass is 16.6. The summed E-state index contributed by atoms with van der Waals surface area (Å²) in [5.74, 6) is -0.932. The minimum Gasteiger partial charge on any atom is -0.462 e. The fraction of sp³-hybridized carbons (Fsp3) is 0.625. The van der Waals surface area contributed by atoms with Gasteiger partial charge in [-0.3, -0.25) is 14.4 Å². The molecule has 6 nitrogen and oxygen atoms in total. The molecular formula is C72H116O6. The highest BCUT2D eigenvalue weighted by Crippen LogP contribution is 2.15. The number of hydrogen-bond acceptors (Lipinski definition) is 6. The van der Waals surface area contributed by atoms with Gasteiger partial charge in [-0.2, -0.15) is 0 Å². The molecule has 0 aliphatic rings. The molecule has 0 fully saturated rings. The van der Waals surface area contributed by atoms with Gasteiger partial charge in [-0.05, 0) is 135 Å². The molecule has 0 aromatic heterocycles. The van der Waals surface area contributed by atoms with Crippen LogP contribution in [0.4, 0.5) is 0 Å². The third-order valence-corrected chi connectivity index (χ3v) is 13.1. The molecule has 0 heterocycles. The van der Waals surface area contributed by atoms with Crippen LogP contribution in [0.2, 0.25) is 0 Å². The van der Waals surface area contributed by atoms with Crippen molar-refractivity contribution in [3.63, 3.8) is 0 Å². The molecule has 0 amide bonds. The van der Waals surface area contributed by atoms with Crippen LogP contribution in [0.25, 0.3) is 0 Å².